The smallest absolute Gasteiger partial charge is 1.00 e. The molecule has 0 aromatic heterocycles. The molecule has 0 bridgehead atoms. The fourth-order valence-electron chi connectivity index (χ4n) is 3.19. The Kier molecular flexibility index (Phi) is 10.7. The number of aryl methyl sites for hydroxylation is 2. The predicted octanol–water partition coefficient (Wildman–Crippen LogP) is 3.44. The topological polar surface area (TPSA) is 35.5 Å². The first-order valence-corrected chi connectivity index (χ1v) is 11.5. The zero-order valence-electron chi connectivity index (χ0n) is 20.9. The summed E-state index contributed by atoms with van der Waals surface area (Å²) in [6, 6.07) is 10.1. The summed E-state index contributed by atoms with van der Waals surface area (Å²) < 4.78 is 11.7. The minimum atomic E-state index is 0. The van der Waals surface area contributed by atoms with Crippen molar-refractivity contribution in [3.63, 3.8) is 0 Å². The molecule has 2 aromatic rings. The van der Waals surface area contributed by atoms with Crippen molar-refractivity contribution in [2.24, 2.45) is 0 Å². The second-order valence-electron chi connectivity index (χ2n) is 8.54. The average Bonchev–Trinajstić information content (AvgIpc) is 2.64. The summed E-state index contributed by atoms with van der Waals surface area (Å²) in [6.07, 6.45) is 1.87. The summed E-state index contributed by atoms with van der Waals surface area (Å²) >= 11 is 0. The molecule has 2 rings (SSSR count). The van der Waals surface area contributed by atoms with Gasteiger partial charge in [-0.1, -0.05) is 46.8 Å². The van der Waals surface area contributed by atoms with Crippen LogP contribution in [0.15, 0.2) is 30.3 Å². The Balaban J connectivity index is 0.00000450. The van der Waals surface area contributed by atoms with Crippen molar-refractivity contribution < 1.29 is 34.6 Å². The molecule has 2 aromatic carbocycles. The third kappa shape index (κ3) is 7.16. The Hall–Kier alpha value is -1.26. The van der Waals surface area contributed by atoms with E-state index in [2.05, 4.69) is 46.8 Å². The van der Waals surface area contributed by atoms with E-state index >= 15 is 0 Å². The normalized spacial score (nSPS) is 11.4. The zero-order valence-corrected chi connectivity index (χ0v) is 20.9. The molecular formula is C25H36LiO3P. The van der Waals surface area contributed by atoms with Crippen LogP contribution in [0.4, 0.5) is 0 Å². The molecule has 0 saturated heterocycles. The zero-order chi connectivity index (χ0) is 21.6. The van der Waals surface area contributed by atoms with Gasteiger partial charge in [-0.25, -0.2) is 0 Å². The van der Waals surface area contributed by atoms with Gasteiger partial charge in [0.2, 0.25) is 0 Å². The minimum Gasteiger partial charge on any atom is -1.00 e. The van der Waals surface area contributed by atoms with Crippen LogP contribution in [0.2, 0.25) is 0 Å². The van der Waals surface area contributed by atoms with Gasteiger partial charge >= 0.3 is 18.9 Å². The van der Waals surface area contributed by atoms with E-state index in [9.17, 15) is 4.79 Å². The molecule has 1 atom stereocenters. The molecule has 0 spiro atoms. The molecular weight excluding hydrogens is 386 g/mol. The Morgan fingerprint density at radius 1 is 0.967 bits per heavy atom. The number of benzene rings is 2. The van der Waals surface area contributed by atoms with Crippen LogP contribution in [0.3, 0.4) is 0 Å². The number of hydrogen-bond acceptors (Lipinski definition) is 3. The quantitative estimate of drug-likeness (QED) is 0.459. The molecule has 1 unspecified atom stereocenters. The van der Waals surface area contributed by atoms with Crippen LogP contribution in [-0.4, -0.2) is 18.7 Å². The summed E-state index contributed by atoms with van der Waals surface area (Å²) in [7, 11) is 0.0212. The van der Waals surface area contributed by atoms with Gasteiger partial charge in [-0.3, -0.25) is 4.79 Å². The number of rotatable bonds is 9. The fraction of sp³-hybridized carbons (Fsp3) is 0.480. The van der Waals surface area contributed by atoms with E-state index in [0.717, 1.165) is 46.3 Å². The minimum absolute atomic E-state index is 0. The first-order valence-electron chi connectivity index (χ1n) is 10.5. The van der Waals surface area contributed by atoms with E-state index in [0.29, 0.717) is 13.2 Å². The maximum absolute atomic E-state index is 13.2. The molecule has 0 N–H and O–H groups in total. The Morgan fingerprint density at radius 2 is 1.53 bits per heavy atom. The van der Waals surface area contributed by atoms with E-state index in [1.54, 1.807) is 0 Å². The van der Waals surface area contributed by atoms with Gasteiger partial charge in [-0.2, -0.15) is 0 Å². The number of hydrogen-bond donors (Lipinski definition) is 0. The Bertz CT molecular complexity index is 839. The molecule has 5 heteroatoms. The van der Waals surface area contributed by atoms with Crippen LogP contribution < -0.4 is 33.6 Å². The van der Waals surface area contributed by atoms with Crippen molar-refractivity contribution in [1.29, 1.82) is 0 Å². The summed E-state index contributed by atoms with van der Waals surface area (Å²) in [5.41, 5.74) is 4.41. The standard InChI is InChI=1S/C25H35O3P.Li.H/c1-8-12-27-20-10-11-22(21(16-20)28-13-9-2)29-24(26)23-17(3)14-19(15-18(23)4)25(5,6)7;;/h10-11,14-16,29H,8-9,12-13H2,1-7H3;;/q;+1;-1. The first-order chi connectivity index (χ1) is 13.7. The second kappa shape index (κ2) is 11.9. The second-order valence-corrected chi connectivity index (χ2v) is 9.79. The van der Waals surface area contributed by atoms with Gasteiger partial charge in [-0.05, 0) is 69.5 Å². The van der Waals surface area contributed by atoms with E-state index in [1.165, 1.54) is 5.56 Å². The maximum atomic E-state index is 13.2. The van der Waals surface area contributed by atoms with Crippen LogP contribution in [0, 0.1) is 13.8 Å². The van der Waals surface area contributed by atoms with Gasteiger partial charge in [0.15, 0.2) is 5.52 Å². The van der Waals surface area contributed by atoms with E-state index in [-0.39, 0.29) is 39.8 Å². The van der Waals surface area contributed by atoms with E-state index in [4.69, 9.17) is 9.47 Å². The Labute approximate surface area is 197 Å². The summed E-state index contributed by atoms with van der Waals surface area (Å²) in [4.78, 5) is 13.2. The third-order valence-corrected chi connectivity index (χ3v) is 5.92. The third-order valence-electron chi connectivity index (χ3n) is 4.76. The van der Waals surface area contributed by atoms with Crippen LogP contribution in [-0.2, 0) is 5.41 Å². The van der Waals surface area contributed by atoms with Crippen molar-refractivity contribution in [2.45, 2.75) is 66.7 Å². The molecule has 0 amide bonds. The molecule has 0 saturated carbocycles. The molecule has 0 aliphatic carbocycles. The van der Waals surface area contributed by atoms with Crippen LogP contribution in [0.25, 0.3) is 0 Å². The van der Waals surface area contributed by atoms with Crippen molar-refractivity contribution >= 4 is 19.4 Å². The van der Waals surface area contributed by atoms with Gasteiger partial charge in [0.05, 0.1) is 13.2 Å². The van der Waals surface area contributed by atoms with Crippen molar-refractivity contribution in [3.8, 4) is 11.5 Å². The van der Waals surface area contributed by atoms with E-state index < -0.39 is 0 Å². The summed E-state index contributed by atoms with van der Waals surface area (Å²) in [6.45, 7) is 16.1. The number of carbonyl (C=O) groups is 1. The monoisotopic (exact) mass is 422 g/mol. The first kappa shape index (κ1) is 26.8. The molecule has 0 radical (unpaired) electrons. The molecule has 160 valence electrons. The molecule has 0 fully saturated rings. The summed E-state index contributed by atoms with van der Waals surface area (Å²) in [5, 5.41) is 0.936. The number of ether oxygens (including phenoxy) is 2. The SMILES string of the molecule is CCCOc1ccc(PC(=O)c2c(C)cc(C(C)(C)C)cc2C)c(OCCC)c1.[H-].[Li+]. The molecule has 0 aliphatic heterocycles. The van der Waals surface area contributed by atoms with Gasteiger partial charge in [0.1, 0.15) is 11.5 Å². The average molecular weight is 422 g/mol. The van der Waals surface area contributed by atoms with Gasteiger partial charge in [0, 0.05) is 16.9 Å². The van der Waals surface area contributed by atoms with Gasteiger partial charge < -0.3 is 10.9 Å². The van der Waals surface area contributed by atoms with Crippen LogP contribution >= 0.6 is 8.58 Å². The van der Waals surface area contributed by atoms with Gasteiger partial charge in [-0.15, -0.1) is 0 Å². The van der Waals surface area contributed by atoms with Crippen LogP contribution in [0.5, 0.6) is 11.5 Å². The van der Waals surface area contributed by atoms with Crippen molar-refractivity contribution in [2.75, 3.05) is 13.2 Å². The molecule has 0 aliphatic rings. The molecule has 3 nitrogen and oxygen atoms in total. The molecule has 30 heavy (non-hydrogen) atoms. The Morgan fingerprint density at radius 3 is 2.07 bits per heavy atom. The largest absolute Gasteiger partial charge is 1.00 e. The predicted molar refractivity (Wildman–Crippen MR) is 126 cm³/mol. The van der Waals surface area contributed by atoms with Crippen molar-refractivity contribution in [1.82, 2.24) is 0 Å². The van der Waals surface area contributed by atoms with Crippen LogP contribution in [0.1, 0.15) is 75.9 Å². The maximum Gasteiger partial charge on any atom is 1.00 e. The fourth-order valence-corrected chi connectivity index (χ4v) is 4.38. The summed E-state index contributed by atoms with van der Waals surface area (Å²) in [5.74, 6) is 1.55. The van der Waals surface area contributed by atoms with E-state index in [1.807, 2.05) is 32.0 Å². The number of carbonyl (C=O) groups excluding carboxylic acids is 1. The molecule has 0 heterocycles. The van der Waals surface area contributed by atoms with Crippen molar-refractivity contribution in [3.05, 3.63) is 52.6 Å². The van der Waals surface area contributed by atoms with Gasteiger partial charge in [0.25, 0.3) is 0 Å².